The first-order chi connectivity index (χ1) is 7.65. The zero-order valence-corrected chi connectivity index (χ0v) is 11.3. The second kappa shape index (κ2) is 4.89. The van der Waals surface area contributed by atoms with Gasteiger partial charge < -0.3 is 9.84 Å². The highest BCUT2D eigenvalue weighted by Crippen LogP contribution is 2.32. The summed E-state index contributed by atoms with van der Waals surface area (Å²) in [6.07, 6.45) is 0. The molecular weight excluding hydrogens is 336 g/mol. The Hall–Kier alpha value is -1.000. The lowest BCUT2D eigenvalue weighted by Gasteiger charge is -2.08. The molecule has 2 aromatic rings. The van der Waals surface area contributed by atoms with Crippen molar-refractivity contribution in [2.24, 2.45) is 0 Å². The predicted octanol–water partition coefficient (Wildman–Crippen LogP) is 4.71. The Morgan fingerprint density at radius 2 is 1.81 bits per heavy atom. The van der Waals surface area contributed by atoms with Gasteiger partial charge in [0.25, 0.3) is 0 Å². The second-order valence-electron chi connectivity index (χ2n) is 3.17. The van der Waals surface area contributed by atoms with Gasteiger partial charge in [0.2, 0.25) is 0 Å². The van der Waals surface area contributed by atoms with Gasteiger partial charge in [0, 0.05) is 10.5 Å². The lowest BCUT2D eigenvalue weighted by Crippen LogP contribution is -1.85. The molecular formula is C12H8Br2O2. The summed E-state index contributed by atoms with van der Waals surface area (Å²) in [7, 11) is 0. The summed E-state index contributed by atoms with van der Waals surface area (Å²) in [5, 5.41) is 9.31. The summed E-state index contributed by atoms with van der Waals surface area (Å²) in [4.78, 5) is 0. The summed E-state index contributed by atoms with van der Waals surface area (Å²) in [5.41, 5.74) is 0. The van der Waals surface area contributed by atoms with Gasteiger partial charge in [-0.2, -0.15) is 0 Å². The molecule has 0 aromatic heterocycles. The molecule has 2 nitrogen and oxygen atoms in total. The highest BCUT2D eigenvalue weighted by Gasteiger charge is 2.03. The van der Waals surface area contributed by atoms with Crippen molar-refractivity contribution in [3.8, 4) is 17.2 Å². The third-order valence-corrected chi connectivity index (χ3v) is 3.05. The molecule has 2 aromatic carbocycles. The van der Waals surface area contributed by atoms with E-state index in [0.717, 1.165) is 8.95 Å². The van der Waals surface area contributed by atoms with Gasteiger partial charge >= 0.3 is 0 Å². The van der Waals surface area contributed by atoms with E-state index >= 15 is 0 Å². The molecule has 0 heterocycles. The number of halogens is 2. The summed E-state index contributed by atoms with van der Waals surface area (Å²) in [5.74, 6) is 1.49. The molecule has 2 rings (SSSR count). The molecule has 0 bridgehead atoms. The fraction of sp³-hybridized carbons (Fsp3) is 0. The lowest BCUT2D eigenvalue weighted by atomic mass is 10.3. The minimum absolute atomic E-state index is 0.186. The first kappa shape index (κ1) is 11.5. The van der Waals surface area contributed by atoms with Crippen LogP contribution in [-0.2, 0) is 0 Å². The van der Waals surface area contributed by atoms with E-state index in [1.165, 1.54) is 0 Å². The zero-order valence-electron chi connectivity index (χ0n) is 8.15. The smallest absolute Gasteiger partial charge is 0.141 e. The van der Waals surface area contributed by atoms with Crippen molar-refractivity contribution in [3.63, 3.8) is 0 Å². The van der Waals surface area contributed by atoms with E-state index < -0.39 is 0 Å². The van der Waals surface area contributed by atoms with Crippen LogP contribution in [0.5, 0.6) is 17.2 Å². The molecule has 0 radical (unpaired) electrons. The molecule has 0 atom stereocenters. The Balaban J connectivity index is 2.27. The van der Waals surface area contributed by atoms with Crippen molar-refractivity contribution >= 4 is 31.9 Å². The molecule has 0 unspecified atom stereocenters. The summed E-state index contributed by atoms with van der Waals surface area (Å²) in [6, 6.07) is 12.3. The molecule has 0 spiro atoms. The standard InChI is InChI=1S/C12H8Br2O2/c13-8-4-5-12(11(14)6-8)16-10-3-1-2-9(15)7-10/h1-7,15H. The molecule has 0 amide bonds. The van der Waals surface area contributed by atoms with Crippen LogP contribution in [0, 0.1) is 0 Å². The number of hydrogen-bond donors (Lipinski definition) is 1. The van der Waals surface area contributed by atoms with Crippen molar-refractivity contribution in [2.45, 2.75) is 0 Å². The molecule has 0 fully saturated rings. The van der Waals surface area contributed by atoms with Gasteiger partial charge in [0.15, 0.2) is 0 Å². The number of aromatic hydroxyl groups is 1. The van der Waals surface area contributed by atoms with Crippen molar-refractivity contribution in [1.82, 2.24) is 0 Å². The minimum atomic E-state index is 0.186. The summed E-state index contributed by atoms with van der Waals surface area (Å²) >= 11 is 6.77. The van der Waals surface area contributed by atoms with E-state index in [4.69, 9.17) is 4.74 Å². The van der Waals surface area contributed by atoms with Gasteiger partial charge in [-0.05, 0) is 46.3 Å². The topological polar surface area (TPSA) is 29.5 Å². The van der Waals surface area contributed by atoms with Gasteiger partial charge in [0.05, 0.1) is 4.47 Å². The molecule has 0 aliphatic carbocycles. The van der Waals surface area contributed by atoms with Gasteiger partial charge in [-0.25, -0.2) is 0 Å². The molecule has 0 saturated carbocycles. The fourth-order valence-electron chi connectivity index (χ4n) is 1.23. The highest BCUT2D eigenvalue weighted by atomic mass is 79.9. The average molecular weight is 344 g/mol. The largest absolute Gasteiger partial charge is 0.508 e. The van der Waals surface area contributed by atoms with Gasteiger partial charge in [-0.1, -0.05) is 22.0 Å². The zero-order chi connectivity index (χ0) is 11.5. The molecule has 0 aliphatic heterocycles. The number of ether oxygens (including phenoxy) is 1. The molecule has 0 aliphatic rings. The van der Waals surface area contributed by atoms with E-state index in [1.54, 1.807) is 24.3 Å². The first-order valence-corrected chi connectivity index (χ1v) is 6.16. The molecule has 16 heavy (non-hydrogen) atoms. The summed E-state index contributed by atoms with van der Waals surface area (Å²) < 4.78 is 7.44. The number of phenolic OH excluding ortho intramolecular Hbond substituents is 1. The van der Waals surface area contributed by atoms with Crippen LogP contribution < -0.4 is 4.74 Å². The van der Waals surface area contributed by atoms with Gasteiger partial charge in [-0.15, -0.1) is 0 Å². The molecule has 4 heteroatoms. The third-order valence-electron chi connectivity index (χ3n) is 1.94. The maximum absolute atomic E-state index is 9.31. The fourth-order valence-corrected chi connectivity index (χ4v) is 2.36. The summed E-state index contributed by atoms with van der Waals surface area (Å²) in [6.45, 7) is 0. The number of rotatable bonds is 2. The lowest BCUT2D eigenvalue weighted by molar-refractivity contribution is 0.454. The van der Waals surface area contributed by atoms with Crippen LogP contribution in [0.25, 0.3) is 0 Å². The Morgan fingerprint density at radius 1 is 1.00 bits per heavy atom. The molecule has 1 N–H and O–H groups in total. The third kappa shape index (κ3) is 2.77. The first-order valence-electron chi connectivity index (χ1n) is 4.57. The Labute approximate surface area is 110 Å². The van der Waals surface area contributed by atoms with Crippen molar-refractivity contribution < 1.29 is 9.84 Å². The van der Waals surface area contributed by atoms with Crippen LogP contribution in [0.2, 0.25) is 0 Å². The van der Waals surface area contributed by atoms with Crippen LogP contribution in [0.4, 0.5) is 0 Å². The number of phenols is 1. The van der Waals surface area contributed by atoms with Crippen molar-refractivity contribution in [1.29, 1.82) is 0 Å². The predicted molar refractivity (Wildman–Crippen MR) is 70.0 cm³/mol. The van der Waals surface area contributed by atoms with E-state index in [9.17, 15) is 5.11 Å². The molecule has 82 valence electrons. The molecule has 0 saturated heterocycles. The quantitative estimate of drug-likeness (QED) is 0.855. The monoisotopic (exact) mass is 342 g/mol. The second-order valence-corrected chi connectivity index (χ2v) is 4.94. The Kier molecular flexibility index (Phi) is 3.51. The van der Waals surface area contributed by atoms with Crippen molar-refractivity contribution in [2.75, 3.05) is 0 Å². The van der Waals surface area contributed by atoms with Gasteiger partial charge in [-0.3, -0.25) is 0 Å². The van der Waals surface area contributed by atoms with E-state index in [-0.39, 0.29) is 5.75 Å². The van der Waals surface area contributed by atoms with Crippen LogP contribution in [0.15, 0.2) is 51.4 Å². The van der Waals surface area contributed by atoms with E-state index in [2.05, 4.69) is 31.9 Å². The van der Waals surface area contributed by atoms with E-state index in [1.807, 2.05) is 18.2 Å². The van der Waals surface area contributed by atoms with Crippen LogP contribution >= 0.6 is 31.9 Å². The highest BCUT2D eigenvalue weighted by molar-refractivity contribution is 9.11. The Morgan fingerprint density at radius 3 is 2.50 bits per heavy atom. The number of benzene rings is 2. The van der Waals surface area contributed by atoms with Gasteiger partial charge in [0.1, 0.15) is 17.2 Å². The average Bonchev–Trinajstić information content (AvgIpc) is 2.22. The maximum atomic E-state index is 9.31. The van der Waals surface area contributed by atoms with Crippen LogP contribution in [0.1, 0.15) is 0 Å². The van der Waals surface area contributed by atoms with Crippen molar-refractivity contribution in [3.05, 3.63) is 51.4 Å². The van der Waals surface area contributed by atoms with E-state index in [0.29, 0.717) is 11.5 Å². The SMILES string of the molecule is Oc1cccc(Oc2ccc(Br)cc2Br)c1. The normalized spacial score (nSPS) is 10.1. The van der Waals surface area contributed by atoms with Crippen LogP contribution in [-0.4, -0.2) is 5.11 Å². The minimum Gasteiger partial charge on any atom is -0.508 e. The van der Waals surface area contributed by atoms with Crippen LogP contribution in [0.3, 0.4) is 0 Å². The maximum Gasteiger partial charge on any atom is 0.141 e. The number of hydrogen-bond acceptors (Lipinski definition) is 2. The Bertz CT molecular complexity index is 512.